The SMILES string of the molecule is OCc1cccc(-c2ccc(F)cc2)c1-c1ccccc1F. The lowest BCUT2D eigenvalue weighted by molar-refractivity contribution is 0.282. The van der Waals surface area contributed by atoms with Crippen molar-refractivity contribution in [1.82, 2.24) is 0 Å². The molecule has 0 aliphatic carbocycles. The second-order valence-corrected chi connectivity index (χ2v) is 4.98. The van der Waals surface area contributed by atoms with Gasteiger partial charge >= 0.3 is 0 Å². The number of aliphatic hydroxyl groups is 1. The fourth-order valence-corrected chi connectivity index (χ4v) is 2.58. The van der Waals surface area contributed by atoms with Crippen molar-refractivity contribution in [2.24, 2.45) is 0 Å². The van der Waals surface area contributed by atoms with Gasteiger partial charge in [-0.15, -0.1) is 0 Å². The van der Waals surface area contributed by atoms with E-state index in [0.717, 1.165) is 11.1 Å². The summed E-state index contributed by atoms with van der Waals surface area (Å²) in [5, 5.41) is 9.60. The molecule has 0 amide bonds. The van der Waals surface area contributed by atoms with Gasteiger partial charge in [0.25, 0.3) is 0 Å². The maximum atomic E-state index is 14.2. The number of aliphatic hydroxyl groups excluding tert-OH is 1. The molecule has 3 aromatic carbocycles. The van der Waals surface area contributed by atoms with Gasteiger partial charge in [-0.1, -0.05) is 48.5 Å². The first-order chi connectivity index (χ1) is 10.7. The van der Waals surface area contributed by atoms with E-state index in [1.165, 1.54) is 18.2 Å². The molecule has 1 N–H and O–H groups in total. The zero-order chi connectivity index (χ0) is 15.5. The van der Waals surface area contributed by atoms with E-state index in [1.54, 1.807) is 42.5 Å². The molecule has 0 saturated carbocycles. The number of benzene rings is 3. The van der Waals surface area contributed by atoms with Gasteiger partial charge in [-0.2, -0.15) is 0 Å². The molecule has 0 fully saturated rings. The standard InChI is InChI=1S/C19H14F2O/c20-15-10-8-13(9-11-15)16-6-3-4-14(12-22)19(16)17-5-1-2-7-18(17)21/h1-11,22H,12H2. The maximum Gasteiger partial charge on any atom is 0.131 e. The Morgan fingerprint density at radius 2 is 1.41 bits per heavy atom. The molecule has 110 valence electrons. The molecule has 0 saturated heterocycles. The summed E-state index contributed by atoms with van der Waals surface area (Å²) in [5.74, 6) is -0.679. The highest BCUT2D eigenvalue weighted by molar-refractivity contribution is 5.85. The van der Waals surface area contributed by atoms with E-state index in [9.17, 15) is 13.9 Å². The van der Waals surface area contributed by atoms with Crippen LogP contribution < -0.4 is 0 Å². The monoisotopic (exact) mass is 296 g/mol. The molecule has 22 heavy (non-hydrogen) atoms. The summed E-state index contributed by atoms with van der Waals surface area (Å²) in [6, 6.07) is 17.9. The Balaban J connectivity index is 2.28. The van der Waals surface area contributed by atoms with E-state index < -0.39 is 0 Å². The molecular formula is C19H14F2O. The fraction of sp³-hybridized carbons (Fsp3) is 0.0526. The second-order valence-electron chi connectivity index (χ2n) is 4.98. The number of halogens is 2. The minimum Gasteiger partial charge on any atom is -0.392 e. The lowest BCUT2D eigenvalue weighted by atomic mass is 9.90. The summed E-state index contributed by atoms with van der Waals surface area (Å²) in [6.07, 6.45) is 0. The van der Waals surface area contributed by atoms with Crippen LogP contribution >= 0.6 is 0 Å². The first-order valence-corrected chi connectivity index (χ1v) is 6.94. The van der Waals surface area contributed by atoms with Crippen LogP contribution in [0.2, 0.25) is 0 Å². The van der Waals surface area contributed by atoms with Crippen LogP contribution in [0.3, 0.4) is 0 Å². The minimum atomic E-state index is -0.355. The molecule has 0 heterocycles. The molecule has 1 nitrogen and oxygen atoms in total. The Kier molecular flexibility index (Phi) is 3.98. The topological polar surface area (TPSA) is 20.2 Å². The highest BCUT2D eigenvalue weighted by Gasteiger charge is 2.15. The van der Waals surface area contributed by atoms with Gasteiger partial charge in [0.2, 0.25) is 0 Å². The van der Waals surface area contributed by atoms with E-state index in [4.69, 9.17) is 0 Å². The average Bonchev–Trinajstić information content (AvgIpc) is 2.55. The van der Waals surface area contributed by atoms with Crippen molar-refractivity contribution in [2.75, 3.05) is 0 Å². The van der Waals surface area contributed by atoms with Gasteiger partial charge in [-0.05, 0) is 40.5 Å². The summed E-state index contributed by atoms with van der Waals surface area (Å²) in [7, 11) is 0. The Labute approximate surface area is 127 Å². The van der Waals surface area contributed by atoms with Gasteiger partial charge in [0.05, 0.1) is 6.61 Å². The first-order valence-electron chi connectivity index (χ1n) is 6.94. The van der Waals surface area contributed by atoms with Crippen LogP contribution in [0.5, 0.6) is 0 Å². The molecule has 0 aromatic heterocycles. The van der Waals surface area contributed by atoms with Gasteiger partial charge in [0.15, 0.2) is 0 Å². The Morgan fingerprint density at radius 1 is 0.727 bits per heavy atom. The Morgan fingerprint density at radius 3 is 2.09 bits per heavy atom. The summed E-state index contributed by atoms with van der Waals surface area (Å²) >= 11 is 0. The second kappa shape index (κ2) is 6.08. The quantitative estimate of drug-likeness (QED) is 0.736. The molecule has 0 unspecified atom stereocenters. The van der Waals surface area contributed by atoms with Crippen LogP contribution in [0, 0.1) is 11.6 Å². The smallest absolute Gasteiger partial charge is 0.131 e. The van der Waals surface area contributed by atoms with Gasteiger partial charge in [-0.3, -0.25) is 0 Å². The van der Waals surface area contributed by atoms with Crippen molar-refractivity contribution in [3.63, 3.8) is 0 Å². The van der Waals surface area contributed by atoms with Crippen molar-refractivity contribution < 1.29 is 13.9 Å². The van der Waals surface area contributed by atoms with Crippen LogP contribution in [0.4, 0.5) is 8.78 Å². The van der Waals surface area contributed by atoms with Crippen LogP contribution in [-0.4, -0.2) is 5.11 Å². The Bertz CT molecular complexity index is 795. The van der Waals surface area contributed by atoms with Gasteiger partial charge < -0.3 is 5.11 Å². The predicted molar refractivity (Wildman–Crippen MR) is 83.2 cm³/mol. The average molecular weight is 296 g/mol. The molecule has 0 atom stereocenters. The van der Waals surface area contributed by atoms with Crippen LogP contribution in [0.1, 0.15) is 5.56 Å². The summed E-state index contributed by atoms with van der Waals surface area (Å²) in [4.78, 5) is 0. The van der Waals surface area contributed by atoms with E-state index in [1.807, 2.05) is 6.07 Å². The molecule has 3 aromatic rings. The molecule has 3 heteroatoms. The molecule has 3 rings (SSSR count). The third-order valence-corrected chi connectivity index (χ3v) is 3.62. The molecular weight excluding hydrogens is 282 g/mol. The van der Waals surface area contributed by atoms with Crippen molar-refractivity contribution in [2.45, 2.75) is 6.61 Å². The van der Waals surface area contributed by atoms with Gasteiger partial charge in [0.1, 0.15) is 11.6 Å². The number of rotatable bonds is 3. The van der Waals surface area contributed by atoms with Crippen molar-refractivity contribution in [1.29, 1.82) is 0 Å². The van der Waals surface area contributed by atoms with Crippen LogP contribution in [0.15, 0.2) is 66.7 Å². The molecule has 0 aliphatic rings. The lowest BCUT2D eigenvalue weighted by Gasteiger charge is -2.15. The molecule has 0 aliphatic heterocycles. The predicted octanol–water partition coefficient (Wildman–Crippen LogP) is 4.79. The van der Waals surface area contributed by atoms with Crippen LogP contribution in [0.25, 0.3) is 22.3 Å². The minimum absolute atomic E-state index is 0.196. The molecule has 0 radical (unpaired) electrons. The summed E-state index contributed by atoms with van der Waals surface area (Å²) < 4.78 is 27.3. The zero-order valence-corrected chi connectivity index (χ0v) is 11.8. The summed E-state index contributed by atoms with van der Waals surface area (Å²) in [6.45, 7) is -0.196. The zero-order valence-electron chi connectivity index (χ0n) is 11.8. The van der Waals surface area contributed by atoms with Crippen molar-refractivity contribution in [3.05, 3.63) is 83.9 Å². The maximum absolute atomic E-state index is 14.2. The normalized spacial score (nSPS) is 10.7. The molecule has 0 spiro atoms. The van der Waals surface area contributed by atoms with Gasteiger partial charge in [-0.25, -0.2) is 8.78 Å². The van der Waals surface area contributed by atoms with Gasteiger partial charge in [0, 0.05) is 5.56 Å². The first kappa shape index (κ1) is 14.4. The number of hydrogen-bond acceptors (Lipinski definition) is 1. The van der Waals surface area contributed by atoms with Crippen LogP contribution in [-0.2, 0) is 6.61 Å². The largest absolute Gasteiger partial charge is 0.392 e. The lowest BCUT2D eigenvalue weighted by Crippen LogP contribution is -1.95. The van der Waals surface area contributed by atoms with Crippen molar-refractivity contribution in [3.8, 4) is 22.3 Å². The third-order valence-electron chi connectivity index (χ3n) is 3.62. The Hall–Kier alpha value is -2.52. The van der Waals surface area contributed by atoms with E-state index in [2.05, 4.69) is 0 Å². The van der Waals surface area contributed by atoms with E-state index in [0.29, 0.717) is 16.7 Å². The highest BCUT2D eigenvalue weighted by Crippen LogP contribution is 2.36. The molecule has 0 bridgehead atoms. The van der Waals surface area contributed by atoms with Crippen molar-refractivity contribution >= 4 is 0 Å². The number of hydrogen-bond donors (Lipinski definition) is 1. The highest BCUT2D eigenvalue weighted by atomic mass is 19.1. The fourth-order valence-electron chi connectivity index (χ4n) is 2.58. The summed E-state index contributed by atoms with van der Waals surface area (Å²) in [5.41, 5.74) is 3.22. The van der Waals surface area contributed by atoms with E-state index >= 15 is 0 Å². The third kappa shape index (κ3) is 2.63. The van der Waals surface area contributed by atoms with E-state index in [-0.39, 0.29) is 18.2 Å².